The summed E-state index contributed by atoms with van der Waals surface area (Å²) in [7, 11) is 0. The Bertz CT molecular complexity index is 394. The summed E-state index contributed by atoms with van der Waals surface area (Å²) in [6.07, 6.45) is 4.93. The molecule has 0 unspecified atom stereocenters. The Balaban J connectivity index is 1.79. The summed E-state index contributed by atoms with van der Waals surface area (Å²) < 4.78 is 5.31. The second kappa shape index (κ2) is 3.82. The van der Waals surface area contributed by atoms with Crippen LogP contribution in [0.2, 0.25) is 0 Å². The summed E-state index contributed by atoms with van der Waals surface area (Å²) in [4.78, 5) is 18.8. The largest absolute Gasteiger partial charge is 0.378 e. The van der Waals surface area contributed by atoms with Crippen molar-refractivity contribution in [3.8, 4) is 0 Å². The molecule has 1 saturated carbocycles. The molecule has 1 aromatic rings. The van der Waals surface area contributed by atoms with Gasteiger partial charge in [-0.25, -0.2) is 4.98 Å². The van der Waals surface area contributed by atoms with Gasteiger partial charge in [-0.3, -0.25) is 0 Å². The lowest BCUT2D eigenvalue weighted by atomic mass is 10.1. The third-order valence-electron chi connectivity index (χ3n) is 3.28. The van der Waals surface area contributed by atoms with Crippen LogP contribution in [-0.2, 0) is 14.9 Å². The molecule has 16 heavy (non-hydrogen) atoms. The van der Waals surface area contributed by atoms with E-state index in [0.717, 1.165) is 55.4 Å². The first-order chi connectivity index (χ1) is 7.84. The van der Waals surface area contributed by atoms with Crippen molar-refractivity contribution in [2.75, 3.05) is 31.2 Å². The number of ether oxygens (including phenoxy) is 1. The smallest absolute Gasteiger partial charge is 0.185 e. The Hall–Kier alpha value is -0.940. The molecule has 2 aliphatic rings. The van der Waals surface area contributed by atoms with Crippen molar-refractivity contribution < 1.29 is 9.53 Å². The molecule has 1 saturated heterocycles. The van der Waals surface area contributed by atoms with Gasteiger partial charge in [-0.2, -0.15) is 0 Å². The Morgan fingerprint density at radius 1 is 1.44 bits per heavy atom. The number of morpholine rings is 1. The first-order valence-corrected chi connectivity index (χ1v) is 6.41. The van der Waals surface area contributed by atoms with Crippen molar-refractivity contribution >= 4 is 22.8 Å². The summed E-state index contributed by atoms with van der Waals surface area (Å²) >= 11 is 1.66. The molecule has 1 aromatic heterocycles. The van der Waals surface area contributed by atoms with Crippen molar-refractivity contribution in [1.29, 1.82) is 0 Å². The number of aldehydes is 1. The number of anilines is 1. The fraction of sp³-hybridized carbons (Fsp3) is 0.636. The van der Waals surface area contributed by atoms with Gasteiger partial charge in [-0.1, -0.05) is 0 Å². The first kappa shape index (κ1) is 10.2. The van der Waals surface area contributed by atoms with Gasteiger partial charge in [0, 0.05) is 24.2 Å². The zero-order valence-corrected chi connectivity index (χ0v) is 9.83. The fourth-order valence-electron chi connectivity index (χ4n) is 1.95. The van der Waals surface area contributed by atoms with E-state index in [2.05, 4.69) is 9.88 Å². The molecule has 2 fully saturated rings. The third kappa shape index (κ3) is 1.64. The quantitative estimate of drug-likeness (QED) is 0.742. The molecule has 0 aromatic carbocycles. The minimum Gasteiger partial charge on any atom is -0.378 e. The molecular formula is C11H14N2O2S. The van der Waals surface area contributed by atoms with E-state index in [1.165, 1.54) is 0 Å². The van der Waals surface area contributed by atoms with E-state index in [4.69, 9.17) is 4.74 Å². The minimum absolute atomic E-state index is 0.178. The van der Waals surface area contributed by atoms with E-state index in [1.54, 1.807) is 11.3 Å². The van der Waals surface area contributed by atoms with Crippen LogP contribution in [-0.4, -0.2) is 37.6 Å². The zero-order chi connectivity index (χ0) is 11.0. The predicted molar refractivity (Wildman–Crippen MR) is 62.1 cm³/mol. The first-order valence-electron chi connectivity index (χ1n) is 5.59. The third-order valence-corrected chi connectivity index (χ3v) is 4.56. The number of nitrogens with zero attached hydrogens (tertiary/aromatic N) is 2. The number of carbonyl (C=O) groups is 1. The van der Waals surface area contributed by atoms with Gasteiger partial charge in [-0.05, 0) is 12.8 Å². The van der Waals surface area contributed by atoms with Crippen molar-refractivity contribution in [2.24, 2.45) is 0 Å². The number of thiazole rings is 1. The lowest BCUT2D eigenvalue weighted by molar-refractivity contribution is -0.109. The fourth-order valence-corrected chi connectivity index (χ4v) is 3.13. The minimum atomic E-state index is -0.178. The SMILES string of the molecule is O=CC1(c2cnc(N3CCOCC3)s2)CC1. The molecule has 1 aliphatic heterocycles. The van der Waals surface area contributed by atoms with Crippen molar-refractivity contribution in [1.82, 2.24) is 4.98 Å². The van der Waals surface area contributed by atoms with E-state index < -0.39 is 0 Å². The van der Waals surface area contributed by atoms with Gasteiger partial charge < -0.3 is 14.4 Å². The highest BCUT2D eigenvalue weighted by molar-refractivity contribution is 7.15. The van der Waals surface area contributed by atoms with Crippen molar-refractivity contribution in [3.05, 3.63) is 11.1 Å². The maximum atomic E-state index is 11.0. The van der Waals surface area contributed by atoms with Crippen LogP contribution in [0.15, 0.2) is 6.20 Å². The van der Waals surface area contributed by atoms with Crippen LogP contribution in [0.1, 0.15) is 17.7 Å². The topological polar surface area (TPSA) is 42.4 Å². The van der Waals surface area contributed by atoms with Gasteiger partial charge >= 0.3 is 0 Å². The predicted octanol–water partition coefficient (Wildman–Crippen LogP) is 1.21. The Labute approximate surface area is 98.2 Å². The highest BCUT2D eigenvalue weighted by atomic mass is 32.1. The molecule has 0 atom stereocenters. The van der Waals surface area contributed by atoms with Gasteiger partial charge in [0.25, 0.3) is 0 Å². The maximum absolute atomic E-state index is 11.0. The van der Waals surface area contributed by atoms with E-state index in [1.807, 2.05) is 6.20 Å². The highest BCUT2D eigenvalue weighted by Crippen LogP contribution is 2.49. The van der Waals surface area contributed by atoms with Gasteiger partial charge in [0.2, 0.25) is 0 Å². The molecular weight excluding hydrogens is 224 g/mol. The molecule has 0 spiro atoms. The molecule has 2 heterocycles. The highest BCUT2D eigenvalue weighted by Gasteiger charge is 2.46. The van der Waals surface area contributed by atoms with Crippen LogP contribution >= 0.6 is 11.3 Å². The Morgan fingerprint density at radius 3 is 2.81 bits per heavy atom. The molecule has 5 heteroatoms. The second-order valence-electron chi connectivity index (χ2n) is 4.38. The average Bonchev–Trinajstić information content (AvgIpc) is 3.00. The summed E-state index contributed by atoms with van der Waals surface area (Å²) in [5, 5.41) is 1.03. The average molecular weight is 238 g/mol. The monoisotopic (exact) mass is 238 g/mol. The van der Waals surface area contributed by atoms with E-state index in [0.29, 0.717) is 0 Å². The van der Waals surface area contributed by atoms with E-state index in [-0.39, 0.29) is 5.41 Å². The molecule has 1 aliphatic carbocycles. The van der Waals surface area contributed by atoms with Crippen molar-refractivity contribution in [2.45, 2.75) is 18.3 Å². The van der Waals surface area contributed by atoms with E-state index >= 15 is 0 Å². The summed E-state index contributed by atoms with van der Waals surface area (Å²) in [6, 6.07) is 0. The standard InChI is InChI=1S/C11H14N2O2S/c14-8-11(1-2-11)9-7-12-10(16-9)13-3-5-15-6-4-13/h7-8H,1-6H2. The summed E-state index contributed by atoms with van der Waals surface area (Å²) in [5.41, 5.74) is -0.178. The second-order valence-corrected chi connectivity index (χ2v) is 5.39. The van der Waals surface area contributed by atoms with Crippen LogP contribution in [0.5, 0.6) is 0 Å². The van der Waals surface area contributed by atoms with Crippen molar-refractivity contribution in [3.63, 3.8) is 0 Å². The van der Waals surface area contributed by atoms with Crippen LogP contribution in [0.4, 0.5) is 5.13 Å². The van der Waals surface area contributed by atoms with Gasteiger partial charge in [0.05, 0.1) is 18.6 Å². The summed E-state index contributed by atoms with van der Waals surface area (Å²) in [6.45, 7) is 3.35. The van der Waals surface area contributed by atoms with E-state index in [9.17, 15) is 4.79 Å². The molecule has 0 bridgehead atoms. The summed E-state index contributed by atoms with van der Waals surface area (Å²) in [5.74, 6) is 0. The molecule has 3 rings (SSSR count). The number of hydrogen-bond acceptors (Lipinski definition) is 5. The van der Waals surface area contributed by atoms with Crippen LogP contribution in [0.25, 0.3) is 0 Å². The van der Waals surface area contributed by atoms with Crippen LogP contribution < -0.4 is 4.90 Å². The maximum Gasteiger partial charge on any atom is 0.185 e. The van der Waals surface area contributed by atoms with Gasteiger partial charge in [-0.15, -0.1) is 11.3 Å². The molecule has 86 valence electrons. The van der Waals surface area contributed by atoms with Gasteiger partial charge in [0.1, 0.15) is 6.29 Å². The molecule has 0 radical (unpaired) electrons. The lowest BCUT2D eigenvalue weighted by Crippen LogP contribution is -2.36. The molecule has 0 amide bonds. The molecule has 0 N–H and O–H groups in total. The number of carbonyl (C=O) groups excluding carboxylic acids is 1. The number of hydrogen-bond donors (Lipinski definition) is 0. The van der Waals surface area contributed by atoms with Crippen LogP contribution in [0, 0.1) is 0 Å². The number of aromatic nitrogens is 1. The molecule has 4 nitrogen and oxygen atoms in total. The van der Waals surface area contributed by atoms with Crippen LogP contribution in [0.3, 0.4) is 0 Å². The van der Waals surface area contributed by atoms with Gasteiger partial charge in [0.15, 0.2) is 5.13 Å². The number of rotatable bonds is 3. The normalized spacial score (nSPS) is 23.1. The lowest BCUT2D eigenvalue weighted by Gasteiger charge is -2.26. The Morgan fingerprint density at radius 2 is 2.19 bits per heavy atom. The Kier molecular flexibility index (Phi) is 2.44. The zero-order valence-electron chi connectivity index (χ0n) is 9.02.